The maximum atomic E-state index is 9.01. The van der Waals surface area contributed by atoms with Gasteiger partial charge >= 0.3 is 0 Å². The van der Waals surface area contributed by atoms with Gasteiger partial charge in [-0.1, -0.05) is 38.6 Å². The molecular formula is C27H28N6. The van der Waals surface area contributed by atoms with Gasteiger partial charge in [0.2, 0.25) is 0 Å². The molecule has 1 aromatic heterocycles. The molecule has 0 spiro atoms. The zero-order chi connectivity index (χ0) is 24.1. The second-order valence-electron chi connectivity index (χ2n) is 6.73. The van der Waals surface area contributed by atoms with Gasteiger partial charge in [-0.25, -0.2) is 9.97 Å². The minimum atomic E-state index is 0.555. The molecule has 0 saturated heterocycles. The van der Waals surface area contributed by atoms with Crippen molar-refractivity contribution in [1.29, 1.82) is 10.5 Å². The molecule has 6 nitrogen and oxygen atoms in total. The number of nitrogens with one attached hydrogen (secondary N) is 2. The standard InChI is InChI=1S/C25H22N6.C2H6/c1-3-20(17-27)18(2)12-13-28-14-15-29-25-22-6-4-5-7-23(22)30-24(31-25)21-10-8-19(16-26)9-11-21;1-2/h3-13,28H,1,14-15H2,2H3,(H,29,30,31);1-2H3/b13-12+,20-18+;. The van der Waals surface area contributed by atoms with Crippen molar-refractivity contribution >= 4 is 16.7 Å². The number of benzene rings is 2. The maximum Gasteiger partial charge on any atom is 0.162 e. The Morgan fingerprint density at radius 1 is 1.03 bits per heavy atom. The largest absolute Gasteiger partial charge is 0.389 e. The molecule has 0 unspecified atom stereocenters. The van der Waals surface area contributed by atoms with Gasteiger partial charge in [0.25, 0.3) is 0 Å². The van der Waals surface area contributed by atoms with E-state index in [2.05, 4.69) is 34.3 Å². The Bertz CT molecular complexity index is 1220. The molecular weight excluding hydrogens is 408 g/mol. The first kappa shape index (κ1) is 24.8. The maximum absolute atomic E-state index is 9.01. The van der Waals surface area contributed by atoms with Crippen molar-refractivity contribution in [3.8, 4) is 23.5 Å². The number of aromatic nitrogens is 2. The van der Waals surface area contributed by atoms with E-state index in [-0.39, 0.29) is 0 Å². The van der Waals surface area contributed by atoms with Crippen LogP contribution in [0.1, 0.15) is 26.3 Å². The van der Waals surface area contributed by atoms with Gasteiger partial charge < -0.3 is 10.6 Å². The highest BCUT2D eigenvalue weighted by molar-refractivity contribution is 5.90. The highest BCUT2D eigenvalue weighted by Gasteiger charge is 2.09. The van der Waals surface area contributed by atoms with Crippen molar-refractivity contribution in [2.75, 3.05) is 18.4 Å². The topological polar surface area (TPSA) is 97.4 Å². The van der Waals surface area contributed by atoms with Crippen LogP contribution in [0.25, 0.3) is 22.3 Å². The Morgan fingerprint density at radius 2 is 1.76 bits per heavy atom. The van der Waals surface area contributed by atoms with E-state index in [9.17, 15) is 0 Å². The molecule has 3 aromatic rings. The molecule has 0 fully saturated rings. The predicted octanol–water partition coefficient (Wildman–Crippen LogP) is 5.74. The number of anilines is 1. The van der Waals surface area contributed by atoms with Gasteiger partial charge in [0.15, 0.2) is 5.82 Å². The fourth-order valence-electron chi connectivity index (χ4n) is 2.94. The molecule has 6 heteroatoms. The van der Waals surface area contributed by atoms with Crippen molar-refractivity contribution in [1.82, 2.24) is 15.3 Å². The van der Waals surface area contributed by atoms with E-state index >= 15 is 0 Å². The van der Waals surface area contributed by atoms with E-state index in [0.717, 1.165) is 27.9 Å². The average molecular weight is 437 g/mol. The Kier molecular flexibility index (Phi) is 9.86. The Balaban J connectivity index is 0.00000187. The van der Waals surface area contributed by atoms with Crippen LogP contribution in [0.2, 0.25) is 0 Å². The molecule has 0 saturated carbocycles. The highest BCUT2D eigenvalue weighted by atomic mass is 15.0. The van der Waals surface area contributed by atoms with Gasteiger partial charge in [0.05, 0.1) is 28.8 Å². The molecule has 166 valence electrons. The second kappa shape index (κ2) is 13.1. The summed E-state index contributed by atoms with van der Waals surface area (Å²) in [5, 5.41) is 25.5. The third kappa shape index (κ3) is 6.78. The zero-order valence-corrected chi connectivity index (χ0v) is 19.3. The molecule has 0 aliphatic heterocycles. The summed E-state index contributed by atoms with van der Waals surface area (Å²) >= 11 is 0. The number of hydrogen-bond acceptors (Lipinski definition) is 6. The molecule has 0 atom stereocenters. The summed E-state index contributed by atoms with van der Waals surface area (Å²) in [6.07, 6.45) is 5.22. The third-order valence-electron chi connectivity index (χ3n) is 4.64. The first-order chi connectivity index (χ1) is 16.2. The van der Waals surface area contributed by atoms with Gasteiger partial charge in [0, 0.05) is 24.0 Å². The molecule has 0 aliphatic carbocycles. The van der Waals surface area contributed by atoms with E-state index in [1.807, 2.05) is 69.4 Å². The number of fused-ring (bicyclic) bond motifs is 1. The lowest BCUT2D eigenvalue weighted by atomic mass is 10.1. The van der Waals surface area contributed by atoms with Crippen molar-refractivity contribution in [3.63, 3.8) is 0 Å². The van der Waals surface area contributed by atoms with Crippen LogP contribution in [0, 0.1) is 22.7 Å². The zero-order valence-electron chi connectivity index (χ0n) is 19.3. The van der Waals surface area contributed by atoms with Gasteiger partial charge in [0.1, 0.15) is 5.82 Å². The highest BCUT2D eigenvalue weighted by Crippen LogP contribution is 2.25. The molecule has 2 aromatic carbocycles. The number of rotatable bonds is 8. The normalized spacial score (nSPS) is 10.9. The van der Waals surface area contributed by atoms with Crippen molar-refractivity contribution in [2.24, 2.45) is 0 Å². The van der Waals surface area contributed by atoms with E-state index < -0.39 is 0 Å². The third-order valence-corrected chi connectivity index (χ3v) is 4.64. The summed E-state index contributed by atoms with van der Waals surface area (Å²) in [6.45, 7) is 10.8. The molecule has 0 amide bonds. The fourth-order valence-corrected chi connectivity index (χ4v) is 2.94. The molecule has 3 rings (SSSR count). The Hall–Kier alpha value is -4.42. The Morgan fingerprint density at radius 3 is 2.42 bits per heavy atom. The summed E-state index contributed by atoms with van der Waals surface area (Å²) in [5.74, 6) is 1.36. The molecule has 1 heterocycles. The van der Waals surface area contributed by atoms with Crippen LogP contribution in [0.4, 0.5) is 5.82 Å². The molecule has 0 bridgehead atoms. The second-order valence-corrected chi connectivity index (χ2v) is 6.73. The van der Waals surface area contributed by atoms with E-state index in [4.69, 9.17) is 15.5 Å². The molecule has 2 N–H and O–H groups in total. The van der Waals surface area contributed by atoms with Crippen LogP contribution in [0.15, 0.2) is 84.6 Å². The van der Waals surface area contributed by atoms with Gasteiger partial charge in [-0.15, -0.1) is 0 Å². The van der Waals surface area contributed by atoms with Crippen molar-refractivity contribution < 1.29 is 0 Å². The summed E-state index contributed by atoms with van der Waals surface area (Å²) in [5.41, 5.74) is 3.71. The minimum absolute atomic E-state index is 0.555. The van der Waals surface area contributed by atoms with Crippen LogP contribution in [-0.4, -0.2) is 23.1 Å². The molecule has 33 heavy (non-hydrogen) atoms. The average Bonchev–Trinajstić information content (AvgIpc) is 2.87. The lowest BCUT2D eigenvalue weighted by molar-refractivity contribution is 0.865. The van der Waals surface area contributed by atoms with E-state index in [1.54, 1.807) is 18.2 Å². The van der Waals surface area contributed by atoms with Gasteiger partial charge in [-0.05, 0) is 61.2 Å². The monoisotopic (exact) mass is 436 g/mol. The molecule has 0 aliphatic rings. The van der Waals surface area contributed by atoms with Gasteiger partial charge in [-0.3, -0.25) is 0 Å². The van der Waals surface area contributed by atoms with Crippen LogP contribution in [0.3, 0.4) is 0 Å². The number of nitrogens with zero attached hydrogens (tertiary/aromatic N) is 4. The number of para-hydroxylation sites is 1. The minimum Gasteiger partial charge on any atom is -0.389 e. The number of nitriles is 2. The first-order valence-corrected chi connectivity index (χ1v) is 10.8. The lowest BCUT2D eigenvalue weighted by Crippen LogP contribution is -2.18. The van der Waals surface area contributed by atoms with E-state index in [0.29, 0.717) is 30.1 Å². The van der Waals surface area contributed by atoms with Crippen LogP contribution in [-0.2, 0) is 0 Å². The fraction of sp³-hybridized carbons (Fsp3) is 0.185. The van der Waals surface area contributed by atoms with Crippen LogP contribution >= 0.6 is 0 Å². The Labute approximate surface area is 195 Å². The number of hydrogen-bond donors (Lipinski definition) is 2. The van der Waals surface area contributed by atoms with Crippen molar-refractivity contribution in [3.05, 3.63) is 90.2 Å². The predicted molar refractivity (Wildman–Crippen MR) is 135 cm³/mol. The summed E-state index contributed by atoms with van der Waals surface area (Å²) in [7, 11) is 0. The van der Waals surface area contributed by atoms with E-state index in [1.165, 1.54) is 0 Å². The number of allylic oxidation sites excluding steroid dienone is 4. The first-order valence-electron chi connectivity index (χ1n) is 10.8. The summed E-state index contributed by atoms with van der Waals surface area (Å²) in [4.78, 5) is 9.38. The van der Waals surface area contributed by atoms with Crippen LogP contribution in [0.5, 0.6) is 0 Å². The molecule has 0 radical (unpaired) electrons. The SMILES string of the molecule is C=C/C(C#N)=C(C)\C=C\NCCNc1nc(-c2ccc(C#N)cc2)nc2ccccc12.CC. The smallest absolute Gasteiger partial charge is 0.162 e. The van der Waals surface area contributed by atoms with Crippen LogP contribution < -0.4 is 10.6 Å². The summed E-state index contributed by atoms with van der Waals surface area (Å²) in [6, 6.07) is 19.3. The van der Waals surface area contributed by atoms with Crippen molar-refractivity contribution in [2.45, 2.75) is 20.8 Å². The quantitative estimate of drug-likeness (QED) is 0.266. The van der Waals surface area contributed by atoms with Gasteiger partial charge in [-0.2, -0.15) is 10.5 Å². The summed E-state index contributed by atoms with van der Waals surface area (Å²) < 4.78 is 0. The lowest BCUT2D eigenvalue weighted by Gasteiger charge is -2.11.